The Morgan fingerprint density at radius 3 is 2.81 bits per heavy atom. The minimum absolute atomic E-state index is 0.454. The van der Waals surface area contributed by atoms with Crippen molar-refractivity contribution < 1.29 is 18.6 Å². The van der Waals surface area contributed by atoms with Crippen LogP contribution in [0.5, 0.6) is 17.5 Å². The number of furan rings is 1. The summed E-state index contributed by atoms with van der Waals surface area (Å²) in [5, 5.41) is 1.68. The second-order valence-electron chi connectivity index (χ2n) is 6.32. The number of nitrogens with one attached hydrogen (secondary N) is 1. The summed E-state index contributed by atoms with van der Waals surface area (Å²) in [6.07, 6.45) is 2.48. The van der Waals surface area contributed by atoms with Crippen LogP contribution < -0.4 is 14.2 Å². The highest BCUT2D eigenvalue weighted by atomic mass is 32.1. The van der Waals surface area contributed by atoms with Crippen LogP contribution in [-0.2, 0) is 0 Å². The molecular formula is C18H17N3O4S. The van der Waals surface area contributed by atoms with E-state index in [1.54, 1.807) is 14.2 Å². The topological polar surface area (TPSA) is 82.4 Å². The third-order valence-electron chi connectivity index (χ3n) is 4.42. The maximum Gasteiger partial charge on any atom is 0.296 e. The lowest BCUT2D eigenvalue weighted by Crippen LogP contribution is -1.99. The SMILES string of the molecule is COc1cc(OCC2CC2)c2cc(-c3nc4[nH]c(OC)nc4s3)oc2c1. The average molecular weight is 371 g/mol. The predicted octanol–water partition coefficient (Wildman–Crippen LogP) is 4.24. The van der Waals surface area contributed by atoms with E-state index >= 15 is 0 Å². The zero-order chi connectivity index (χ0) is 17.7. The maximum absolute atomic E-state index is 6.03. The number of H-pyrrole nitrogens is 1. The second kappa shape index (κ2) is 5.91. The molecule has 7 nitrogen and oxygen atoms in total. The van der Waals surface area contributed by atoms with Crippen molar-refractivity contribution in [2.24, 2.45) is 5.92 Å². The number of benzene rings is 1. The number of rotatable bonds is 6. The smallest absolute Gasteiger partial charge is 0.296 e. The lowest BCUT2D eigenvalue weighted by molar-refractivity contribution is 0.301. The predicted molar refractivity (Wildman–Crippen MR) is 98.3 cm³/mol. The van der Waals surface area contributed by atoms with Gasteiger partial charge in [-0.3, -0.25) is 4.98 Å². The monoisotopic (exact) mass is 371 g/mol. The number of hydrogen-bond acceptors (Lipinski definition) is 7. The van der Waals surface area contributed by atoms with Crippen LogP contribution in [0, 0.1) is 5.92 Å². The molecule has 1 N–H and O–H groups in total. The van der Waals surface area contributed by atoms with Gasteiger partial charge in [-0.15, -0.1) is 0 Å². The number of imidazole rings is 1. The molecule has 0 unspecified atom stereocenters. The Hall–Kier alpha value is -2.74. The van der Waals surface area contributed by atoms with Crippen molar-refractivity contribution in [3.8, 4) is 28.3 Å². The molecule has 1 aliphatic carbocycles. The van der Waals surface area contributed by atoms with Gasteiger partial charge in [-0.1, -0.05) is 11.3 Å². The van der Waals surface area contributed by atoms with Crippen molar-refractivity contribution in [2.75, 3.05) is 20.8 Å². The number of nitrogens with zero attached hydrogens (tertiary/aromatic N) is 2. The average Bonchev–Trinajstić information content (AvgIpc) is 3.06. The van der Waals surface area contributed by atoms with Gasteiger partial charge in [0.25, 0.3) is 6.01 Å². The summed E-state index contributed by atoms with van der Waals surface area (Å²) in [6, 6.07) is 6.19. The molecule has 1 aliphatic rings. The summed E-state index contributed by atoms with van der Waals surface area (Å²) in [5.74, 6) is 2.84. The van der Waals surface area contributed by atoms with E-state index in [1.807, 2.05) is 18.2 Å². The van der Waals surface area contributed by atoms with Gasteiger partial charge in [0.1, 0.15) is 17.1 Å². The summed E-state index contributed by atoms with van der Waals surface area (Å²) in [5.41, 5.74) is 1.40. The molecule has 0 bridgehead atoms. The van der Waals surface area contributed by atoms with Crippen molar-refractivity contribution in [3.63, 3.8) is 0 Å². The molecule has 5 rings (SSSR count). The number of ether oxygens (including phenoxy) is 3. The molecule has 26 heavy (non-hydrogen) atoms. The molecule has 1 fully saturated rings. The molecule has 1 aromatic carbocycles. The highest BCUT2D eigenvalue weighted by molar-refractivity contribution is 7.21. The summed E-state index contributed by atoms with van der Waals surface area (Å²) >= 11 is 1.45. The normalized spacial score (nSPS) is 14.2. The Morgan fingerprint density at radius 2 is 2.08 bits per heavy atom. The molecule has 4 aromatic rings. The molecule has 134 valence electrons. The lowest BCUT2D eigenvalue weighted by atomic mass is 10.2. The van der Waals surface area contributed by atoms with Gasteiger partial charge in [-0.2, -0.15) is 4.98 Å². The summed E-state index contributed by atoms with van der Waals surface area (Å²) in [7, 11) is 3.21. The van der Waals surface area contributed by atoms with E-state index in [0.29, 0.717) is 29.1 Å². The zero-order valence-corrected chi connectivity index (χ0v) is 15.2. The fraction of sp³-hybridized carbons (Fsp3) is 0.333. The zero-order valence-electron chi connectivity index (χ0n) is 14.4. The minimum atomic E-state index is 0.454. The Balaban J connectivity index is 1.55. The van der Waals surface area contributed by atoms with E-state index < -0.39 is 0 Å². The standard InChI is InChI=1S/C18H17N3O4S/c1-22-10-5-12(24-8-9-3-4-9)11-7-14(25-13(11)6-10)16-19-15-17(26-16)21-18(20-15)23-2/h5-7,9H,3-4,8H2,1-2H3,(H,20,21). The first-order valence-electron chi connectivity index (χ1n) is 8.39. The molecule has 0 radical (unpaired) electrons. The van der Waals surface area contributed by atoms with Gasteiger partial charge in [-0.25, -0.2) is 4.98 Å². The lowest BCUT2D eigenvalue weighted by Gasteiger charge is -2.08. The molecule has 8 heteroatoms. The number of hydrogen-bond donors (Lipinski definition) is 1. The van der Waals surface area contributed by atoms with Crippen LogP contribution in [0.2, 0.25) is 0 Å². The third-order valence-corrected chi connectivity index (χ3v) is 5.39. The Bertz CT molecular complexity index is 1060. The van der Waals surface area contributed by atoms with Crippen molar-refractivity contribution in [2.45, 2.75) is 12.8 Å². The Labute approximate surface area is 152 Å². The first-order chi connectivity index (χ1) is 12.7. The van der Waals surface area contributed by atoms with E-state index in [2.05, 4.69) is 15.0 Å². The largest absolute Gasteiger partial charge is 0.496 e. The van der Waals surface area contributed by atoms with Crippen molar-refractivity contribution in [3.05, 3.63) is 18.2 Å². The molecule has 3 aromatic heterocycles. The van der Waals surface area contributed by atoms with E-state index in [0.717, 1.165) is 33.2 Å². The van der Waals surface area contributed by atoms with Gasteiger partial charge < -0.3 is 18.6 Å². The Kier molecular flexibility index (Phi) is 3.53. The van der Waals surface area contributed by atoms with Crippen LogP contribution in [0.15, 0.2) is 22.6 Å². The fourth-order valence-electron chi connectivity index (χ4n) is 2.81. The molecule has 0 amide bonds. The number of fused-ring (bicyclic) bond motifs is 2. The quantitative estimate of drug-likeness (QED) is 0.546. The molecule has 0 spiro atoms. The van der Waals surface area contributed by atoms with E-state index in [4.69, 9.17) is 18.6 Å². The van der Waals surface area contributed by atoms with E-state index in [9.17, 15) is 0 Å². The first kappa shape index (κ1) is 15.5. The number of thiazole rings is 1. The molecule has 0 aliphatic heterocycles. The van der Waals surface area contributed by atoms with Crippen LogP contribution in [-0.4, -0.2) is 35.8 Å². The van der Waals surface area contributed by atoms with Crippen molar-refractivity contribution >= 4 is 32.8 Å². The number of methoxy groups -OCH3 is 2. The summed E-state index contributed by atoms with van der Waals surface area (Å²) in [6.45, 7) is 0.729. The maximum atomic E-state index is 6.03. The van der Waals surface area contributed by atoms with Gasteiger partial charge in [0.05, 0.1) is 26.2 Å². The fourth-order valence-corrected chi connectivity index (χ4v) is 3.65. The molecular weight excluding hydrogens is 354 g/mol. The van der Waals surface area contributed by atoms with E-state index in [1.165, 1.54) is 24.2 Å². The third kappa shape index (κ3) is 2.66. The van der Waals surface area contributed by atoms with Gasteiger partial charge >= 0.3 is 0 Å². The molecule has 1 saturated carbocycles. The van der Waals surface area contributed by atoms with Crippen LogP contribution in [0.1, 0.15) is 12.8 Å². The molecule has 0 atom stereocenters. The molecule has 3 heterocycles. The second-order valence-corrected chi connectivity index (χ2v) is 7.30. The number of aromatic amines is 1. The van der Waals surface area contributed by atoms with Gasteiger partial charge in [0.2, 0.25) is 0 Å². The van der Waals surface area contributed by atoms with E-state index in [-0.39, 0.29) is 0 Å². The van der Waals surface area contributed by atoms with Gasteiger partial charge in [0.15, 0.2) is 21.2 Å². The van der Waals surface area contributed by atoms with Crippen LogP contribution in [0.3, 0.4) is 0 Å². The van der Waals surface area contributed by atoms with Crippen LogP contribution >= 0.6 is 11.3 Å². The summed E-state index contributed by atoms with van der Waals surface area (Å²) in [4.78, 5) is 12.7. The van der Waals surface area contributed by atoms with Crippen molar-refractivity contribution in [1.29, 1.82) is 0 Å². The molecule has 0 saturated heterocycles. The van der Waals surface area contributed by atoms with Gasteiger partial charge in [0, 0.05) is 12.1 Å². The van der Waals surface area contributed by atoms with Crippen LogP contribution in [0.25, 0.3) is 32.2 Å². The minimum Gasteiger partial charge on any atom is -0.496 e. The highest BCUT2D eigenvalue weighted by Gasteiger charge is 2.23. The van der Waals surface area contributed by atoms with Crippen molar-refractivity contribution in [1.82, 2.24) is 15.0 Å². The Morgan fingerprint density at radius 1 is 1.19 bits per heavy atom. The number of aromatic nitrogens is 3. The highest BCUT2D eigenvalue weighted by Crippen LogP contribution is 2.40. The first-order valence-corrected chi connectivity index (χ1v) is 9.20. The summed E-state index contributed by atoms with van der Waals surface area (Å²) < 4.78 is 22.5. The van der Waals surface area contributed by atoms with Crippen LogP contribution in [0.4, 0.5) is 0 Å². The van der Waals surface area contributed by atoms with Gasteiger partial charge in [-0.05, 0) is 24.8 Å².